The first kappa shape index (κ1) is 21.3. The fourth-order valence-electron chi connectivity index (χ4n) is 4.65. The summed E-state index contributed by atoms with van der Waals surface area (Å²) in [5.41, 5.74) is 4.36. The largest absolute Gasteiger partial charge is 0.376 e. The van der Waals surface area contributed by atoms with Gasteiger partial charge in [-0.1, -0.05) is 84.9 Å². The molecule has 2 saturated heterocycles. The normalized spacial score (nSPS) is 29.9. The Kier molecular flexibility index (Phi) is 6.35. The second-order valence-electron chi connectivity index (χ2n) is 8.16. The van der Waals surface area contributed by atoms with E-state index in [4.69, 9.17) is 23.7 Å². The molecule has 0 bridgehead atoms. The van der Waals surface area contributed by atoms with Crippen LogP contribution in [-0.2, 0) is 23.7 Å². The summed E-state index contributed by atoms with van der Waals surface area (Å²) >= 11 is 0. The number of hydrogen-bond donors (Lipinski definition) is 0. The standard InChI is InChI=1S/C27H28O5/c1-28-25-23(20-11-7-4-8-12-20)31-22-17-30-27(32-24(22)26(25)29-2)21-15-13-19(14-16-21)18-9-5-3-6-10-18/h3-16,22-27H,17H2,1-2H3/t22-,23+,24-,25+,26+,27?/m1/s1. The molecule has 32 heavy (non-hydrogen) atoms. The fourth-order valence-corrected chi connectivity index (χ4v) is 4.65. The quantitative estimate of drug-likeness (QED) is 0.572. The maximum absolute atomic E-state index is 6.42. The van der Waals surface area contributed by atoms with Crippen molar-refractivity contribution in [1.82, 2.24) is 0 Å². The van der Waals surface area contributed by atoms with Gasteiger partial charge in [-0.3, -0.25) is 0 Å². The lowest BCUT2D eigenvalue weighted by Gasteiger charge is -2.48. The van der Waals surface area contributed by atoms with Crippen LogP contribution in [0.1, 0.15) is 23.5 Å². The van der Waals surface area contributed by atoms with Gasteiger partial charge in [0.15, 0.2) is 6.29 Å². The van der Waals surface area contributed by atoms with Crippen LogP contribution < -0.4 is 0 Å². The first-order valence-corrected chi connectivity index (χ1v) is 11.0. The molecule has 6 atom stereocenters. The molecule has 0 N–H and O–H groups in total. The predicted molar refractivity (Wildman–Crippen MR) is 121 cm³/mol. The van der Waals surface area contributed by atoms with Crippen molar-refractivity contribution < 1.29 is 23.7 Å². The molecular formula is C27H28O5. The average Bonchev–Trinajstić information content (AvgIpc) is 2.88. The van der Waals surface area contributed by atoms with Gasteiger partial charge >= 0.3 is 0 Å². The highest BCUT2D eigenvalue weighted by Gasteiger charge is 2.50. The van der Waals surface area contributed by atoms with E-state index < -0.39 is 6.29 Å². The molecule has 5 heteroatoms. The molecule has 0 saturated carbocycles. The second kappa shape index (κ2) is 9.53. The van der Waals surface area contributed by atoms with Crippen LogP contribution >= 0.6 is 0 Å². The second-order valence-corrected chi connectivity index (χ2v) is 8.16. The van der Waals surface area contributed by atoms with E-state index in [1.54, 1.807) is 14.2 Å². The molecule has 5 nitrogen and oxygen atoms in total. The van der Waals surface area contributed by atoms with Crippen molar-refractivity contribution in [2.75, 3.05) is 20.8 Å². The molecule has 2 heterocycles. The fraction of sp³-hybridized carbons (Fsp3) is 0.333. The van der Waals surface area contributed by atoms with Gasteiger partial charge in [-0.05, 0) is 16.7 Å². The monoisotopic (exact) mass is 432 g/mol. The van der Waals surface area contributed by atoms with Crippen LogP contribution in [0.25, 0.3) is 11.1 Å². The maximum Gasteiger partial charge on any atom is 0.184 e. The number of rotatable bonds is 5. The van der Waals surface area contributed by atoms with Crippen molar-refractivity contribution in [3.63, 3.8) is 0 Å². The molecular weight excluding hydrogens is 404 g/mol. The SMILES string of the molecule is CO[C@@H]1[C@@H](OC)[C@H](c2ccccc2)O[C@@H]2COC(c3ccc(-c4ccccc4)cc3)O[C@@H]12. The summed E-state index contributed by atoms with van der Waals surface area (Å²) in [6, 6.07) is 28.7. The molecule has 0 radical (unpaired) electrons. The smallest absolute Gasteiger partial charge is 0.184 e. The molecule has 2 aliphatic heterocycles. The van der Waals surface area contributed by atoms with Crippen LogP contribution in [0.5, 0.6) is 0 Å². The van der Waals surface area contributed by atoms with Gasteiger partial charge in [0.2, 0.25) is 0 Å². The van der Waals surface area contributed by atoms with Gasteiger partial charge in [0, 0.05) is 19.8 Å². The van der Waals surface area contributed by atoms with E-state index in [1.807, 2.05) is 48.5 Å². The number of methoxy groups -OCH3 is 2. The predicted octanol–water partition coefficient (Wildman–Crippen LogP) is 4.94. The van der Waals surface area contributed by atoms with Crippen LogP contribution in [0.3, 0.4) is 0 Å². The first-order valence-electron chi connectivity index (χ1n) is 11.0. The van der Waals surface area contributed by atoms with Crippen molar-refractivity contribution in [3.05, 3.63) is 96.1 Å². The summed E-state index contributed by atoms with van der Waals surface area (Å²) in [4.78, 5) is 0. The van der Waals surface area contributed by atoms with Gasteiger partial charge < -0.3 is 23.7 Å². The molecule has 2 fully saturated rings. The van der Waals surface area contributed by atoms with Gasteiger partial charge in [0.05, 0.1) is 6.61 Å². The Balaban J connectivity index is 1.35. The van der Waals surface area contributed by atoms with E-state index in [-0.39, 0.29) is 30.5 Å². The highest BCUT2D eigenvalue weighted by Crippen LogP contribution is 2.41. The number of ether oxygens (including phenoxy) is 5. The molecule has 3 aromatic rings. The van der Waals surface area contributed by atoms with Gasteiger partial charge in [0.1, 0.15) is 30.5 Å². The third-order valence-corrected chi connectivity index (χ3v) is 6.29. The third kappa shape index (κ3) is 4.10. The summed E-state index contributed by atoms with van der Waals surface area (Å²) in [5, 5.41) is 0. The van der Waals surface area contributed by atoms with E-state index in [0.717, 1.165) is 16.7 Å². The molecule has 0 amide bonds. The third-order valence-electron chi connectivity index (χ3n) is 6.29. The summed E-state index contributed by atoms with van der Waals surface area (Å²) in [7, 11) is 3.39. The van der Waals surface area contributed by atoms with E-state index in [0.29, 0.717) is 6.61 Å². The van der Waals surface area contributed by atoms with Gasteiger partial charge in [-0.25, -0.2) is 0 Å². The van der Waals surface area contributed by atoms with Crippen LogP contribution in [0.15, 0.2) is 84.9 Å². The van der Waals surface area contributed by atoms with Gasteiger partial charge in [-0.2, -0.15) is 0 Å². The van der Waals surface area contributed by atoms with Crippen molar-refractivity contribution in [2.24, 2.45) is 0 Å². The first-order chi connectivity index (χ1) is 15.8. The molecule has 5 rings (SSSR count). The number of benzene rings is 3. The molecule has 0 aromatic heterocycles. The molecule has 1 unspecified atom stereocenters. The number of hydrogen-bond acceptors (Lipinski definition) is 5. The van der Waals surface area contributed by atoms with E-state index in [1.165, 1.54) is 5.56 Å². The van der Waals surface area contributed by atoms with Crippen molar-refractivity contribution in [2.45, 2.75) is 36.8 Å². The number of fused-ring (bicyclic) bond motifs is 1. The van der Waals surface area contributed by atoms with Crippen molar-refractivity contribution in [3.8, 4) is 11.1 Å². The Morgan fingerprint density at radius 2 is 1.28 bits per heavy atom. The minimum Gasteiger partial charge on any atom is -0.376 e. The van der Waals surface area contributed by atoms with E-state index in [2.05, 4.69) is 36.4 Å². The Morgan fingerprint density at radius 3 is 1.94 bits per heavy atom. The van der Waals surface area contributed by atoms with Gasteiger partial charge in [-0.15, -0.1) is 0 Å². The zero-order valence-corrected chi connectivity index (χ0v) is 18.3. The minimum absolute atomic E-state index is 0.239. The molecule has 0 aliphatic carbocycles. The average molecular weight is 433 g/mol. The summed E-state index contributed by atoms with van der Waals surface area (Å²) in [6.07, 6.45) is -1.83. The van der Waals surface area contributed by atoms with E-state index >= 15 is 0 Å². The highest BCUT2D eigenvalue weighted by atomic mass is 16.7. The Morgan fingerprint density at radius 1 is 0.656 bits per heavy atom. The molecule has 3 aromatic carbocycles. The lowest BCUT2D eigenvalue weighted by Crippen LogP contribution is -2.60. The topological polar surface area (TPSA) is 46.2 Å². The zero-order chi connectivity index (χ0) is 21.9. The van der Waals surface area contributed by atoms with Crippen molar-refractivity contribution >= 4 is 0 Å². The van der Waals surface area contributed by atoms with Crippen LogP contribution in [0.2, 0.25) is 0 Å². The highest BCUT2D eigenvalue weighted by molar-refractivity contribution is 5.63. The molecule has 166 valence electrons. The Hall–Kier alpha value is -2.54. The Bertz CT molecular complexity index is 992. The summed E-state index contributed by atoms with van der Waals surface area (Å²) in [6.45, 7) is 0.426. The summed E-state index contributed by atoms with van der Waals surface area (Å²) in [5.74, 6) is 0. The lowest BCUT2D eigenvalue weighted by atomic mass is 9.90. The van der Waals surface area contributed by atoms with E-state index in [9.17, 15) is 0 Å². The van der Waals surface area contributed by atoms with Crippen molar-refractivity contribution in [1.29, 1.82) is 0 Å². The van der Waals surface area contributed by atoms with Crippen LogP contribution in [0, 0.1) is 0 Å². The summed E-state index contributed by atoms with van der Waals surface area (Å²) < 4.78 is 30.6. The van der Waals surface area contributed by atoms with Crippen LogP contribution in [-0.4, -0.2) is 45.2 Å². The molecule has 2 aliphatic rings. The lowest BCUT2D eigenvalue weighted by molar-refractivity contribution is -0.334. The molecule has 0 spiro atoms. The maximum atomic E-state index is 6.42. The minimum atomic E-state index is -0.479. The zero-order valence-electron chi connectivity index (χ0n) is 18.3. The van der Waals surface area contributed by atoms with Crippen LogP contribution in [0.4, 0.5) is 0 Å². The Labute approximate surface area is 188 Å². The van der Waals surface area contributed by atoms with Gasteiger partial charge in [0.25, 0.3) is 0 Å².